The van der Waals surface area contributed by atoms with Crippen molar-refractivity contribution in [3.05, 3.63) is 0 Å². The first kappa shape index (κ1) is 83.1. The fourth-order valence-corrected chi connectivity index (χ4v) is 11.4. The molecule has 0 radical (unpaired) electrons. The molecule has 5 atom stereocenters. The summed E-state index contributed by atoms with van der Waals surface area (Å²) >= 11 is 0. The van der Waals surface area contributed by atoms with E-state index in [0.29, 0.717) is 37.5 Å². The van der Waals surface area contributed by atoms with E-state index in [1.165, 1.54) is 128 Å². The molecule has 0 heterocycles. The average molecular weight is 1260 g/mol. The van der Waals surface area contributed by atoms with Crippen LogP contribution in [0.3, 0.4) is 0 Å². The monoisotopic (exact) mass is 1250 g/mol. The first-order chi connectivity index (χ1) is 40.7. The third-order valence-corrected chi connectivity index (χ3v) is 17.0. The standard InChI is InChI=1S/C66H128O17P2/c1-8-9-10-11-12-13-14-15-16-17-22-25-35-42-49-65(70)82-61(53-76-63(68)47-40-33-24-21-19-18-20-23-30-37-44-57(2)3)55-80-84(72,73)78-51-60(67)52-79-85(74,75)81-56-62(83-66(71)50-43-36-29-27-32-39-46-59(6)7)54-77-64(69)48-41-34-28-26-31-38-45-58(4)5/h57-62,67H,8-56H2,1-7H3,(H,72,73)(H,74,75)/t60-,61-,62-/m1/s1. The maximum Gasteiger partial charge on any atom is 0.472 e. The van der Waals surface area contributed by atoms with Crippen molar-refractivity contribution in [3.63, 3.8) is 0 Å². The van der Waals surface area contributed by atoms with Crippen LogP contribution in [0.2, 0.25) is 0 Å². The second-order valence-corrected chi connectivity index (χ2v) is 28.2. The lowest BCUT2D eigenvalue weighted by atomic mass is 10.0. The van der Waals surface area contributed by atoms with Gasteiger partial charge in [0, 0.05) is 25.7 Å². The molecule has 0 bridgehead atoms. The maximum absolute atomic E-state index is 13.0. The quantitative estimate of drug-likeness (QED) is 0.0222. The maximum atomic E-state index is 13.0. The van der Waals surface area contributed by atoms with Crippen LogP contribution in [0.5, 0.6) is 0 Å². The molecule has 0 aromatic carbocycles. The van der Waals surface area contributed by atoms with Gasteiger partial charge >= 0.3 is 39.5 Å². The minimum atomic E-state index is -4.95. The Morgan fingerprint density at radius 2 is 0.541 bits per heavy atom. The van der Waals surface area contributed by atoms with Crippen molar-refractivity contribution in [2.75, 3.05) is 39.6 Å². The molecule has 19 heteroatoms. The number of aliphatic hydroxyl groups excluding tert-OH is 1. The van der Waals surface area contributed by atoms with Crippen molar-refractivity contribution in [3.8, 4) is 0 Å². The normalized spacial score (nSPS) is 14.3. The van der Waals surface area contributed by atoms with E-state index in [1.807, 2.05) is 0 Å². The molecule has 17 nitrogen and oxygen atoms in total. The summed E-state index contributed by atoms with van der Waals surface area (Å²) in [6.07, 6.45) is 39.2. The number of hydrogen-bond donors (Lipinski definition) is 3. The van der Waals surface area contributed by atoms with Crippen molar-refractivity contribution >= 4 is 39.5 Å². The van der Waals surface area contributed by atoms with Gasteiger partial charge in [0.1, 0.15) is 19.3 Å². The Balaban J connectivity index is 5.23. The molecule has 0 aliphatic carbocycles. The zero-order valence-corrected chi connectivity index (χ0v) is 56.9. The van der Waals surface area contributed by atoms with Crippen LogP contribution in [0.4, 0.5) is 0 Å². The summed E-state index contributed by atoms with van der Waals surface area (Å²) in [6, 6.07) is 0. The molecule has 2 unspecified atom stereocenters. The molecule has 3 N–H and O–H groups in total. The molecule has 0 fully saturated rings. The summed E-state index contributed by atoms with van der Waals surface area (Å²) in [4.78, 5) is 72.3. The van der Waals surface area contributed by atoms with Crippen LogP contribution in [0.1, 0.15) is 325 Å². The number of rotatable bonds is 64. The van der Waals surface area contributed by atoms with Gasteiger partial charge in [-0.25, -0.2) is 9.13 Å². The van der Waals surface area contributed by atoms with E-state index in [-0.39, 0.29) is 25.7 Å². The smallest absolute Gasteiger partial charge is 0.462 e. The number of hydrogen-bond acceptors (Lipinski definition) is 15. The molecule has 0 amide bonds. The highest BCUT2D eigenvalue weighted by Crippen LogP contribution is 2.45. The molecule has 0 aliphatic rings. The highest BCUT2D eigenvalue weighted by Gasteiger charge is 2.30. The molecule has 0 spiro atoms. The number of esters is 4. The van der Waals surface area contributed by atoms with Crippen LogP contribution in [-0.4, -0.2) is 96.7 Å². The molecule has 0 aliphatic heterocycles. The third-order valence-electron chi connectivity index (χ3n) is 15.1. The topological polar surface area (TPSA) is 237 Å². The number of phosphoric ester groups is 2. The van der Waals surface area contributed by atoms with Crippen molar-refractivity contribution < 1.29 is 80.2 Å². The van der Waals surface area contributed by atoms with Gasteiger partial charge in [-0.3, -0.25) is 37.3 Å². The van der Waals surface area contributed by atoms with Crippen LogP contribution in [0, 0.1) is 17.8 Å². The van der Waals surface area contributed by atoms with Gasteiger partial charge in [0.2, 0.25) is 0 Å². The van der Waals surface area contributed by atoms with Crippen LogP contribution in [0.25, 0.3) is 0 Å². The number of phosphoric acid groups is 2. The van der Waals surface area contributed by atoms with Gasteiger partial charge < -0.3 is 33.8 Å². The van der Waals surface area contributed by atoms with Crippen LogP contribution < -0.4 is 0 Å². The molecule has 0 saturated carbocycles. The van der Waals surface area contributed by atoms with Gasteiger partial charge in [-0.15, -0.1) is 0 Å². The second kappa shape index (κ2) is 57.2. The Morgan fingerprint density at radius 1 is 0.318 bits per heavy atom. The van der Waals surface area contributed by atoms with Crippen LogP contribution in [0.15, 0.2) is 0 Å². The van der Waals surface area contributed by atoms with E-state index >= 15 is 0 Å². The Hall–Kier alpha value is -1.94. The summed E-state index contributed by atoms with van der Waals surface area (Å²) < 4.78 is 68.0. The number of ether oxygens (including phenoxy) is 4. The predicted octanol–water partition coefficient (Wildman–Crippen LogP) is 18.3. The minimum absolute atomic E-state index is 0.101. The van der Waals surface area contributed by atoms with Gasteiger partial charge in [0.15, 0.2) is 12.2 Å². The summed E-state index contributed by atoms with van der Waals surface area (Å²) in [5.41, 5.74) is 0. The van der Waals surface area contributed by atoms with E-state index in [4.69, 9.17) is 37.0 Å². The lowest BCUT2D eigenvalue weighted by Crippen LogP contribution is -2.30. The molecule has 0 rings (SSSR count). The average Bonchev–Trinajstić information content (AvgIpc) is 3.56. The molecule has 0 aromatic heterocycles. The number of carbonyl (C=O) groups is 4. The van der Waals surface area contributed by atoms with Crippen molar-refractivity contribution in [1.82, 2.24) is 0 Å². The fraction of sp³-hybridized carbons (Fsp3) is 0.939. The van der Waals surface area contributed by atoms with Gasteiger partial charge in [-0.2, -0.15) is 0 Å². The Labute approximate surface area is 517 Å². The molecule has 0 saturated heterocycles. The van der Waals surface area contributed by atoms with Crippen LogP contribution in [-0.2, 0) is 65.4 Å². The molecule has 85 heavy (non-hydrogen) atoms. The summed E-state index contributed by atoms with van der Waals surface area (Å²) in [6.45, 7) is 11.6. The zero-order valence-electron chi connectivity index (χ0n) is 55.1. The number of aliphatic hydroxyl groups is 1. The molecule has 0 aromatic rings. The third kappa shape index (κ3) is 60.7. The molecular weight excluding hydrogens is 1130 g/mol. The number of unbranched alkanes of at least 4 members (excludes halogenated alkanes) is 32. The highest BCUT2D eigenvalue weighted by molar-refractivity contribution is 7.47. The van der Waals surface area contributed by atoms with Crippen molar-refractivity contribution in [1.29, 1.82) is 0 Å². The Bertz CT molecular complexity index is 1680. The highest BCUT2D eigenvalue weighted by atomic mass is 31.2. The molecule has 504 valence electrons. The first-order valence-electron chi connectivity index (χ1n) is 34.3. The van der Waals surface area contributed by atoms with E-state index in [1.54, 1.807) is 0 Å². The molecular formula is C66H128O17P2. The van der Waals surface area contributed by atoms with E-state index < -0.39 is 97.5 Å². The van der Waals surface area contributed by atoms with Crippen molar-refractivity contribution in [2.24, 2.45) is 17.8 Å². The summed E-state index contributed by atoms with van der Waals surface area (Å²) in [7, 11) is -9.89. The second-order valence-electron chi connectivity index (χ2n) is 25.3. The SMILES string of the molecule is CCCCCCCCCCCCCCCCC(=O)O[C@H](COC(=O)CCCCCCCCCCCCC(C)C)COP(=O)(O)OC[C@@H](O)COP(=O)(O)OC[C@@H](COC(=O)CCCCCCCCC(C)C)OC(=O)CCCCCCCCC(C)C. The van der Waals surface area contributed by atoms with Gasteiger partial charge in [0.05, 0.1) is 26.4 Å². The van der Waals surface area contributed by atoms with E-state index in [0.717, 1.165) is 102 Å². The van der Waals surface area contributed by atoms with Crippen LogP contribution >= 0.6 is 15.6 Å². The van der Waals surface area contributed by atoms with Gasteiger partial charge in [-0.05, 0) is 43.4 Å². The Morgan fingerprint density at radius 3 is 0.800 bits per heavy atom. The largest absolute Gasteiger partial charge is 0.472 e. The zero-order chi connectivity index (χ0) is 63.1. The van der Waals surface area contributed by atoms with Gasteiger partial charge in [-0.1, -0.05) is 273 Å². The predicted molar refractivity (Wildman–Crippen MR) is 340 cm³/mol. The fourth-order valence-electron chi connectivity index (χ4n) is 9.83. The summed E-state index contributed by atoms with van der Waals surface area (Å²) in [5, 5.41) is 10.5. The van der Waals surface area contributed by atoms with E-state index in [2.05, 4.69) is 48.5 Å². The number of carbonyl (C=O) groups excluding carboxylic acids is 4. The van der Waals surface area contributed by atoms with Gasteiger partial charge in [0.25, 0.3) is 0 Å². The summed E-state index contributed by atoms with van der Waals surface area (Å²) in [5.74, 6) is -0.0297. The lowest BCUT2D eigenvalue weighted by Gasteiger charge is -2.21. The first-order valence-corrected chi connectivity index (χ1v) is 37.3. The van der Waals surface area contributed by atoms with E-state index in [9.17, 15) is 43.2 Å². The lowest BCUT2D eigenvalue weighted by molar-refractivity contribution is -0.161. The Kier molecular flexibility index (Phi) is 55.9. The minimum Gasteiger partial charge on any atom is -0.462 e. The van der Waals surface area contributed by atoms with Crippen molar-refractivity contribution in [2.45, 2.75) is 343 Å².